The molecule has 6 heteroatoms. The standard InChI is InChI=1S/C11H13N3O3/c1-3-11(2)9(15)14(10(16)13-11)12-7-8-5-4-6-17-8/h4-7H,3H2,1-2H3,(H,13,16)/b12-7-/t11-/m1/s1. The van der Waals surface area contributed by atoms with Crippen LogP contribution in [0.4, 0.5) is 4.79 Å². The Hall–Kier alpha value is -2.11. The number of rotatable bonds is 3. The maximum atomic E-state index is 11.9. The molecule has 1 aliphatic heterocycles. The number of nitrogens with zero attached hydrogens (tertiary/aromatic N) is 2. The second-order valence-corrected chi connectivity index (χ2v) is 3.99. The number of hydrazone groups is 1. The van der Waals surface area contributed by atoms with Gasteiger partial charge in [-0.2, -0.15) is 5.10 Å². The molecule has 90 valence electrons. The third kappa shape index (κ3) is 1.93. The van der Waals surface area contributed by atoms with Crippen LogP contribution in [0.15, 0.2) is 27.9 Å². The Morgan fingerprint density at radius 1 is 1.59 bits per heavy atom. The number of carbonyl (C=O) groups is 2. The quantitative estimate of drug-likeness (QED) is 0.634. The summed E-state index contributed by atoms with van der Waals surface area (Å²) >= 11 is 0. The topological polar surface area (TPSA) is 74.9 Å². The molecular formula is C11H13N3O3. The molecule has 0 saturated carbocycles. The van der Waals surface area contributed by atoms with Gasteiger partial charge in [-0.05, 0) is 25.5 Å². The van der Waals surface area contributed by atoms with Gasteiger partial charge in [0.15, 0.2) is 0 Å². The van der Waals surface area contributed by atoms with E-state index in [0.717, 1.165) is 5.01 Å². The smallest absolute Gasteiger partial charge is 0.346 e. The third-order valence-corrected chi connectivity index (χ3v) is 2.79. The van der Waals surface area contributed by atoms with Gasteiger partial charge in [-0.1, -0.05) is 6.92 Å². The largest absolute Gasteiger partial charge is 0.463 e. The van der Waals surface area contributed by atoms with Gasteiger partial charge in [0.2, 0.25) is 0 Å². The van der Waals surface area contributed by atoms with Crippen LogP contribution < -0.4 is 5.32 Å². The first-order valence-electron chi connectivity index (χ1n) is 5.31. The van der Waals surface area contributed by atoms with E-state index in [2.05, 4.69) is 10.4 Å². The monoisotopic (exact) mass is 235 g/mol. The summed E-state index contributed by atoms with van der Waals surface area (Å²) in [7, 11) is 0. The minimum atomic E-state index is -0.864. The van der Waals surface area contributed by atoms with E-state index in [1.54, 1.807) is 19.1 Å². The maximum Gasteiger partial charge on any atom is 0.346 e. The minimum absolute atomic E-state index is 0.354. The molecule has 0 aliphatic carbocycles. The Morgan fingerprint density at radius 3 is 2.88 bits per heavy atom. The van der Waals surface area contributed by atoms with Crippen molar-refractivity contribution < 1.29 is 14.0 Å². The normalized spacial score (nSPS) is 24.7. The predicted octanol–water partition coefficient (Wildman–Crippen LogP) is 1.33. The molecule has 1 atom stereocenters. The fraction of sp³-hybridized carbons (Fsp3) is 0.364. The summed E-state index contributed by atoms with van der Waals surface area (Å²) in [5.41, 5.74) is -0.864. The molecule has 1 N–H and O–H groups in total. The predicted molar refractivity (Wildman–Crippen MR) is 60.4 cm³/mol. The number of urea groups is 1. The average molecular weight is 235 g/mol. The number of carbonyl (C=O) groups excluding carboxylic acids is 2. The van der Waals surface area contributed by atoms with E-state index in [0.29, 0.717) is 12.2 Å². The van der Waals surface area contributed by atoms with E-state index in [1.165, 1.54) is 12.5 Å². The summed E-state index contributed by atoms with van der Waals surface area (Å²) in [5, 5.41) is 7.25. The summed E-state index contributed by atoms with van der Waals surface area (Å²) in [6.45, 7) is 3.51. The number of hydrogen-bond acceptors (Lipinski definition) is 4. The molecule has 0 bridgehead atoms. The van der Waals surface area contributed by atoms with Crippen LogP contribution in [0.3, 0.4) is 0 Å². The molecule has 1 aliphatic rings. The fourth-order valence-electron chi connectivity index (χ4n) is 1.49. The van der Waals surface area contributed by atoms with E-state index in [4.69, 9.17) is 4.42 Å². The molecule has 0 aromatic carbocycles. The zero-order valence-corrected chi connectivity index (χ0v) is 9.64. The Labute approximate surface area is 98.3 Å². The van der Waals surface area contributed by atoms with E-state index in [-0.39, 0.29) is 5.91 Å². The highest BCUT2D eigenvalue weighted by Crippen LogP contribution is 2.20. The van der Waals surface area contributed by atoms with Crippen molar-refractivity contribution in [3.63, 3.8) is 0 Å². The Morgan fingerprint density at radius 2 is 2.35 bits per heavy atom. The number of imide groups is 1. The summed E-state index contributed by atoms with van der Waals surface area (Å²) in [6, 6.07) is 2.87. The fourth-order valence-corrected chi connectivity index (χ4v) is 1.49. The number of furan rings is 1. The highest BCUT2D eigenvalue weighted by atomic mass is 16.3. The van der Waals surface area contributed by atoms with Crippen LogP contribution in [0.1, 0.15) is 26.0 Å². The van der Waals surface area contributed by atoms with Crippen molar-refractivity contribution in [3.05, 3.63) is 24.2 Å². The third-order valence-electron chi connectivity index (χ3n) is 2.79. The first-order chi connectivity index (χ1) is 8.07. The molecule has 2 heterocycles. The summed E-state index contributed by atoms with van der Waals surface area (Å²) in [4.78, 5) is 23.5. The van der Waals surface area contributed by atoms with E-state index >= 15 is 0 Å². The molecule has 1 aromatic rings. The van der Waals surface area contributed by atoms with E-state index in [9.17, 15) is 9.59 Å². The molecule has 1 aromatic heterocycles. The second-order valence-electron chi connectivity index (χ2n) is 3.99. The lowest BCUT2D eigenvalue weighted by atomic mass is 10.00. The number of nitrogens with one attached hydrogen (secondary N) is 1. The SMILES string of the molecule is CC[C@@]1(C)NC(=O)N(/N=C\c2ccco2)C1=O. The zero-order chi connectivity index (χ0) is 12.5. The molecular weight excluding hydrogens is 222 g/mol. The van der Waals surface area contributed by atoms with Gasteiger partial charge < -0.3 is 9.73 Å². The average Bonchev–Trinajstić information content (AvgIpc) is 2.87. The van der Waals surface area contributed by atoms with Gasteiger partial charge in [-0.25, -0.2) is 4.79 Å². The molecule has 17 heavy (non-hydrogen) atoms. The lowest BCUT2D eigenvalue weighted by Gasteiger charge is -2.17. The molecule has 3 amide bonds. The summed E-state index contributed by atoms with van der Waals surface area (Å²) in [6.07, 6.45) is 3.34. The Bertz CT molecular complexity index is 466. The van der Waals surface area contributed by atoms with Crippen LogP contribution >= 0.6 is 0 Å². The summed E-state index contributed by atoms with van der Waals surface area (Å²) in [5.74, 6) is 0.128. The minimum Gasteiger partial charge on any atom is -0.463 e. The van der Waals surface area contributed by atoms with Crippen molar-refractivity contribution in [1.82, 2.24) is 10.3 Å². The lowest BCUT2D eigenvalue weighted by molar-refractivity contribution is -0.130. The Kier molecular flexibility index (Phi) is 2.71. The highest BCUT2D eigenvalue weighted by molar-refractivity contribution is 6.07. The molecule has 1 saturated heterocycles. The first kappa shape index (κ1) is 11.4. The van der Waals surface area contributed by atoms with Gasteiger partial charge in [-0.3, -0.25) is 4.79 Å². The van der Waals surface area contributed by atoms with Crippen molar-refractivity contribution >= 4 is 18.2 Å². The highest BCUT2D eigenvalue weighted by Gasteiger charge is 2.46. The van der Waals surface area contributed by atoms with E-state index in [1.807, 2.05) is 6.92 Å². The van der Waals surface area contributed by atoms with Crippen molar-refractivity contribution in [2.75, 3.05) is 0 Å². The first-order valence-corrected chi connectivity index (χ1v) is 5.31. The molecule has 0 unspecified atom stereocenters. The van der Waals surface area contributed by atoms with E-state index < -0.39 is 11.6 Å². The van der Waals surface area contributed by atoms with Crippen LogP contribution in [0.5, 0.6) is 0 Å². The number of hydrogen-bond donors (Lipinski definition) is 1. The van der Waals surface area contributed by atoms with Crippen LogP contribution in [-0.2, 0) is 4.79 Å². The van der Waals surface area contributed by atoms with Crippen LogP contribution in [0.2, 0.25) is 0 Å². The molecule has 6 nitrogen and oxygen atoms in total. The van der Waals surface area contributed by atoms with Crippen molar-refractivity contribution in [2.24, 2.45) is 5.10 Å². The molecule has 0 radical (unpaired) electrons. The van der Waals surface area contributed by atoms with Gasteiger partial charge in [-0.15, -0.1) is 5.01 Å². The summed E-state index contributed by atoms with van der Waals surface area (Å²) < 4.78 is 5.02. The van der Waals surface area contributed by atoms with Crippen molar-refractivity contribution in [1.29, 1.82) is 0 Å². The number of amides is 3. The van der Waals surface area contributed by atoms with Crippen molar-refractivity contribution in [3.8, 4) is 0 Å². The zero-order valence-electron chi connectivity index (χ0n) is 9.64. The van der Waals surface area contributed by atoms with Gasteiger partial charge in [0, 0.05) is 0 Å². The molecule has 0 spiro atoms. The van der Waals surface area contributed by atoms with Crippen molar-refractivity contribution in [2.45, 2.75) is 25.8 Å². The van der Waals surface area contributed by atoms with Crippen LogP contribution in [0.25, 0.3) is 0 Å². The molecule has 2 rings (SSSR count). The van der Waals surface area contributed by atoms with Gasteiger partial charge >= 0.3 is 6.03 Å². The second kappa shape index (κ2) is 4.04. The lowest BCUT2D eigenvalue weighted by Crippen LogP contribution is -2.42. The van der Waals surface area contributed by atoms with Gasteiger partial charge in [0.1, 0.15) is 11.3 Å². The van der Waals surface area contributed by atoms with Gasteiger partial charge in [0.05, 0.1) is 12.5 Å². The van der Waals surface area contributed by atoms with Gasteiger partial charge in [0.25, 0.3) is 5.91 Å². The van der Waals surface area contributed by atoms with Crippen LogP contribution in [-0.4, -0.2) is 28.7 Å². The molecule has 1 fully saturated rings. The maximum absolute atomic E-state index is 11.9. The Balaban J connectivity index is 2.17. The van der Waals surface area contributed by atoms with Crippen LogP contribution in [0, 0.1) is 0 Å².